The second kappa shape index (κ2) is 7.66. The van der Waals surface area contributed by atoms with E-state index in [-0.39, 0.29) is 10.9 Å². The van der Waals surface area contributed by atoms with E-state index in [9.17, 15) is 8.42 Å². The molecule has 0 saturated carbocycles. The summed E-state index contributed by atoms with van der Waals surface area (Å²) in [5, 5.41) is 0. The Bertz CT molecular complexity index is 554. The van der Waals surface area contributed by atoms with Gasteiger partial charge < -0.3 is 10.5 Å². The summed E-state index contributed by atoms with van der Waals surface area (Å²) in [5.41, 5.74) is 6.11. The fourth-order valence-electron chi connectivity index (χ4n) is 2.41. The second-order valence-electron chi connectivity index (χ2n) is 5.13. The molecular weight excluding hydrogens is 288 g/mol. The van der Waals surface area contributed by atoms with E-state index in [1.54, 1.807) is 12.1 Å². The Labute approximate surface area is 127 Å². The van der Waals surface area contributed by atoms with Crippen molar-refractivity contribution in [1.29, 1.82) is 0 Å². The van der Waals surface area contributed by atoms with Crippen LogP contribution in [-0.4, -0.2) is 21.1 Å². The summed E-state index contributed by atoms with van der Waals surface area (Å²) >= 11 is 0. The number of nitrogens with one attached hydrogen (secondary N) is 1. The van der Waals surface area contributed by atoms with E-state index in [0.717, 1.165) is 12.8 Å². The van der Waals surface area contributed by atoms with E-state index in [4.69, 9.17) is 10.5 Å². The molecule has 0 amide bonds. The van der Waals surface area contributed by atoms with Crippen LogP contribution < -0.4 is 15.2 Å². The summed E-state index contributed by atoms with van der Waals surface area (Å²) in [5.74, 6) is 0.632. The topological polar surface area (TPSA) is 81.4 Å². The number of nitrogens with two attached hydrogens (primary N) is 1. The maximum Gasteiger partial charge on any atom is 0.244 e. The number of rotatable bonds is 8. The van der Waals surface area contributed by atoms with Crippen molar-refractivity contribution in [3.05, 3.63) is 18.2 Å². The van der Waals surface area contributed by atoms with Crippen molar-refractivity contribution in [2.24, 2.45) is 5.92 Å². The van der Waals surface area contributed by atoms with E-state index in [1.807, 2.05) is 13.8 Å². The van der Waals surface area contributed by atoms with Gasteiger partial charge in [0.15, 0.2) is 0 Å². The van der Waals surface area contributed by atoms with Crippen LogP contribution >= 0.6 is 0 Å². The van der Waals surface area contributed by atoms with Crippen LogP contribution in [0, 0.1) is 5.92 Å². The zero-order valence-electron chi connectivity index (χ0n) is 13.2. The fourth-order valence-corrected chi connectivity index (χ4v) is 3.90. The van der Waals surface area contributed by atoms with Crippen molar-refractivity contribution in [1.82, 2.24) is 4.72 Å². The Hall–Kier alpha value is -1.27. The van der Waals surface area contributed by atoms with Gasteiger partial charge in [0.1, 0.15) is 10.6 Å². The van der Waals surface area contributed by atoms with Gasteiger partial charge in [0.25, 0.3) is 0 Å². The van der Waals surface area contributed by atoms with Crippen LogP contribution in [0.3, 0.4) is 0 Å². The minimum absolute atomic E-state index is 0.0992. The normalized spacial score (nSPS) is 13.4. The Morgan fingerprint density at radius 2 is 1.86 bits per heavy atom. The van der Waals surface area contributed by atoms with E-state index < -0.39 is 10.0 Å². The predicted molar refractivity (Wildman–Crippen MR) is 85.9 cm³/mol. The lowest BCUT2D eigenvalue weighted by atomic mass is 9.96. The van der Waals surface area contributed by atoms with Gasteiger partial charge in [-0.1, -0.05) is 26.7 Å². The first kappa shape index (κ1) is 17.8. The lowest BCUT2D eigenvalue weighted by molar-refractivity contribution is 0.330. The molecule has 1 aromatic rings. The maximum atomic E-state index is 12.6. The van der Waals surface area contributed by atoms with Crippen LogP contribution in [-0.2, 0) is 10.0 Å². The minimum Gasteiger partial charge on any atom is -0.492 e. The average molecular weight is 314 g/mol. The van der Waals surface area contributed by atoms with Crippen LogP contribution in [0.4, 0.5) is 5.69 Å². The average Bonchev–Trinajstić information content (AvgIpc) is 2.41. The molecule has 0 aromatic heterocycles. The molecule has 0 fully saturated rings. The summed E-state index contributed by atoms with van der Waals surface area (Å²) in [6.07, 6.45) is 1.85. The van der Waals surface area contributed by atoms with E-state index in [1.165, 1.54) is 6.07 Å². The van der Waals surface area contributed by atoms with Crippen molar-refractivity contribution in [2.75, 3.05) is 12.3 Å². The van der Waals surface area contributed by atoms with Crippen molar-refractivity contribution in [3.63, 3.8) is 0 Å². The molecule has 0 spiro atoms. The Kier molecular flexibility index (Phi) is 6.48. The van der Waals surface area contributed by atoms with Gasteiger partial charge in [-0.15, -0.1) is 0 Å². The van der Waals surface area contributed by atoms with Gasteiger partial charge in [0.2, 0.25) is 10.0 Å². The number of ether oxygens (including phenoxy) is 1. The zero-order chi connectivity index (χ0) is 16.0. The third kappa shape index (κ3) is 4.61. The van der Waals surface area contributed by atoms with E-state index in [0.29, 0.717) is 24.0 Å². The fraction of sp³-hybridized carbons (Fsp3) is 0.600. The van der Waals surface area contributed by atoms with E-state index >= 15 is 0 Å². The lowest BCUT2D eigenvalue weighted by Crippen LogP contribution is -2.37. The number of benzene rings is 1. The quantitative estimate of drug-likeness (QED) is 0.723. The van der Waals surface area contributed by atoms with Crippen molar-refractivity contribution in [3.8, 4) is 5.75 Å². The monoisotopic (exact) mass is 314 g/mol. The molecule has 1 aromatic carbocycles. The molecule has 3 N–H and O–H groups in total. The van der Waals surface area contributed by atoms with Crippen molar-refractivity contribution >= 4 is 15.7 Å². The zero-order valence-corrected chi connectivity index (χ0v) is 14.0. The Balaban J connectivity index is 3.10. The number of nitrogen functional groups attached to an aromatic ring is 1. The van der Waals surface area contributed by atoms with Gasteiger partial charge in [-0.3, -0.25) is 0 Å². The standard InChI is InChI=1S/C15H26N2O3S/c1-5-12(6-2)11(4)17-21(18,19)15-10-13(16)8-9-14(15)20-7-3/h8-12,17H,5-7,16H2,1-4H3. The molecule has 1 rings (SSSR count). The van der Waals surface area contributed by atoms with Crippen molar-refractivity contribution in [2.45, 2.75) is 51.5 Å². The van der Waals surface area contributed by atoms with Crippen LogP contribution in [0.5, 0.6) is 5.75 Å². The molecular formula is C15H26N2O3S. The van der Waals surface area contributed by atoms with Crippen LogP contribution in [0.2, 0.25) is 0 Å². The first-order valence-electron chi connectivity index (χ1n) is 7.40. The summed E-state index contributed by atoms with van der Waals surface area (Å²) in [6.45, 7) is 8.22. The molecule has 1 atom stereocenters. The molecule has 0 radical (unpaired) electrons. The summed E-state index contributed by atoms with van der Waals surface area (Å²) in [6, 6.07) is 4.53. The molecule has 6 heteroatoms. The number of hydrogen-bond acceptors (Lipinski definition) is 4. The largest absolute Gasteiger partial charge is 0.492 e. The van der Waals surface area contributed by atoms with Crippen LogP contribution in [0.25, 0.3) is 0 Å². The Morgan fingerprint density at radius 1 is 1.24 bits per heavy atom. The predicted octanol–water partition coefficient (Wildman–Crippen LogP) is 2.77. The molecule has 0 saturated heterocycles. The van der Waals surface area contributed by atoms with Gasteiger partial charge in [-0.25, -0.2) is 13.1 Å². The lowest BCUT2D eigenvalue weighted by Gasteiger charge is -2.23. The summed E-state index contributed by atoms with van der Waals surface area (Å²) in [7, 11) is -3.66. The number of sulfonamides is 1. The highest BCUT2D eigenvalue weighted by atomic mass is 32.2. The van der Waals surface area contributed by atoms with Gasteiger partial charge in [-0.05, 0) is 38.0 Å². The molecule has 0 aliphatic carbocycles. The van der Waals surface area contributed by atoms with Gasteiger partial charge in [0, 0.05) is 11.7 Å². The molecule has 0 aliphatic heterocycles. The van der Waals surface area contributed by atoms with Crippen LogP contribution in [0.15, 0.2) is 23.1 Å². The van der Waals surface area contributed by atoms with Crippen LogP contribution in [0.1, 0.15) is 40.5 Å². The Morgan fingerprint density at radius 3 is 2.38 bits per heavy atom. The molecule has 120 valence electrons. The van der Waals surface area contributed by atoms with Gasteiger partial charge in [-0.2, -0.15) is 0 Å². The molecule has 5 nitrogen and oxygen atoms in total. The molecule has 21 heavy (non-hydrogen) atoms. The number of hydrogen-bond donors (Lipinski definition) is 2. The van der Waals surface area contributed by atoms with Crippen molar-refractivity contribution < 1.29 is 13.2 Å². The highest BCUT2D eigenvalue weighted by Crippen LogP contribution is 2.27. The first-order valence-corrected chi connectivity index (χ1v) is 8.88. The third-order valence-corrected chi connectivity index (χ3v) is 5.23. The van der Waals surface area contributed by atoms with Gasteiger partial charge >= 0.3 is 0 Å². The molecule has 1 unspecified atom stereocenters. The molecule has 0 heterocycles. The highest BCUT2D eigenvalue weighted by molar-refractivity contribution is 7.89. The van der Waals surface area contributed by atoms with E-state index in [2.05, 4.69) is 18.6 Å². The van der Waals surface area contributed by atoms with Gasteiger partial charge in [0.05, 0.1) is 6.61 Å². The summed E-state index contributed by atoms with van der Waals surface area (Å²) in [4.78, 5) is 0.0992. The smallest absolute Gasteiger partial charge is 0.244 e. The third-order valence-electron chi connectivity index (χ3n) is 3.65. The maximum absolute atomic E-state index is 12.6. The minimum atomic E-state index is -3.66. The molecule has 0 aliphatic rings. The summed E-state index contributed by atoms with van der Waals surface area (Å²) < 4.78 is 33.3. The highest BCUT2D eigenvalue weighted by Gasteiger charge is 2.25. The second-order valence-corrected chi connectivity index (χ2v) is 6.81. The first-order chi connectivity index (χ1) is 9.85. The number of anilines is 1. The molecule has 0 bridgehead atoms. The SMILES string of the molecule is CCOc1ccc(N)cc1S(=O)(=O)NC(C)C(CC)CC.